The minimum Gasteiger partial charge on any atom is -0.351 e. The van der Waals surface area contributed by atoms with Crippen molar-refractivity contribution in [1.82, 2.24) is 9.62 Å². The van der Waals surface area contributed by atoms with Gasteiger partial charge in [0.25, 0.3) is 10.0 Å². The first-order valence-electron chi connectivity index (χ1n) is 5.97. The number of nitrogens with zero attached hydrogens (tertiary/aromatic N) is 1. The zero-order chi connectivity index (χ0) is 15.2. The molecule has 0 saturated heterocycles. The maximum atomic E-state index is 12.4. The highest BCUT2D eigenvalue weighted by atomic mass is 32.2. The van der Waals surface area contributed by atoms with Gasteiger partial charge in [-0.05, 0) is 12.1 Å². The molecule has 1 amide bonds. The van der Waals surface area contributed by atoms with Crippen molar-refractivity contribution in [2.45, 2.75) is 17.7 Å². The molecular formula is C13H18N2O3S2. The van der Waals surface area contributed by atoms with Crippen LogP contribution in [0.5, 0.6) is 0 Å². The summed E-state index contributed by atoms with van der Waals surface area (Å²) in [6.45, 7) is 9.33. The number of nitrogens with one attached hydrogen (secondary N) is 1. The molecule has 0 spiro atoms. The van der Waals surface area contributed by atoms with Gasteiger partial charge in [-0.15, -0.1) is 24.5 Å². The van der Waals surface area contributed by atoms with E-state index in [0.717, 1.165) is 16.2 Å². The molecule has 1 N–H and O–H groups in total. The molecule has 7 heteroatoms. The van der Waals surface area contributed by atoms with Gasteiger partial charge >= 0.3 is 0 Å². The Morgan fingerprint density at radius 3 is 2.45 bits per heavy atom. The van der Waals surface area contributed by atoms with Gasteiger partial charge in [0.2, 0.25) is 5.91 Å². The first-order valence-corrected chi connectivity index (χ1v) is 8.22. The average molecular weight is 314 g/mol. The first-order chi connectivity index (χ1) is 9.41. The third kappa shape index (κ3) is 4.29. The van der Waals surface area contributed by atoms with Crippen molar-refractivity contribution in [3.8, 4) is 0 Å². The Labute approximate surface area is 123 Å². The van der Waals surface area contributed by atoms with Gasteiger partial charge in [0.15, 0.2) is 0 Å². The molecule has 0 unspecified atom stereocenters. The number of carbonyl (C=O) groups is 1. The minimum atomic E-state index is -3.55. The van der Waals surface area contributed by atoms with E-state index in [2.05, 4.69) is 18.5 Å². The van der Waals surface area contributed by atoms with E-state index in [9.17, 15) is 13.2 Å². The SMILES string of the molecule is C=CCN(CC=C)S(=O)(=O)c1ccc(CNC(C)=O)s1. The molecule has 5 nitrogen and oxygen atoms in total. The van der Waals surface area contributed by atoms with Gasteiger partial charge in [0, 0.05) is 24.9 Å². The molecule has 20 heavy (non-hydrogen) atoms. The predicted octanol–water partition coefficient (Wildman–Crippen LogP) is 1.75. The smallest absolute Gasteiger partial charge is 0.253 e. The van der Waals surface area contributed by atoms with Gasteiger partial charge < -0.3 is 5.32 Å². The van der Waals surface area contributed by atoms with Crippen molar-refractivity contribution < 1.29 is 13.2 Å². The summed E-state index contributed by atoms with van der Waals surface area (Å²) in [5.41, 5.74) is 0. The topological polar surface area (TPSA) is 66.5 Å². The number of hydrogen-bond donors (Lipinski definition) is 1. The van der Waals surface area contributed by atoms with Crippen LogP contribution in [-0.4, -0.2) is 31.7 Å². The van der Waals surface area contributed by atoms with Crippen molar-refractivity contribution in [3.63, 3.8) is 0 Å². The van der Waals surface area contributed by atoms with Gasteiger partial charge in [-0.25, -0.2) is 8.42 Å². The Kier molecular flexibility index (Phi) is 6.12. The normalized spacial score (nSPS) is 11.3. The monoisotopic (exact) mass is 314 g/mol. The molecule has 1 heterocycles. The third-order valence-electron chi connectivity index (χ3n) is 2.41. The second kappa shape index (κ2) is 7.37. The Hall–Kier alpha value is -1.44. The molecule has 110 valence electrons. The van der Waals surface area contributed by atoms with E-state index in [4.69, 9.17) is 0 Å². The van der Waals surface area contributed by atoms with Crippen LogP contribution in [0.2, 0.25) is 0 Å². The average Bonchev–Trinajstić information content (AvgIpc) is 2.85. The van der Waals surface area contributed by atoms with Crippen molar-refractivity contribution >= 4 is 27.3 Å². The second-order valence-electron chi connectivity index (χ2n) is 4.03. The molecule has 0 radical (unpaired) electrons. The van der Waals surface area contributed by atoms with E-state index in [1.165, 1.54) is 23.4 Å². The van der Waals surface area contributed by atoms with E-state index in [-0.39, 0.29) is 23.2 Å². The van der Waals surface area contributed by atoms with E-state index in [1.807, 2.05) is 0 Å². The number of rotatable bonds is 8. The second-order valence-corrected chi connectivity index (χ2v) is 7.36. The Morgan fingerprint density at radius 2 is 1.95 bits per heavy atom. The van der Waals surface area contributed by atoms with Crippen LogP contribution in [0.25, 0.3) is 0 Å². The zero-order valence-corrected chi connectivity index (χ0v) is 13.0. The number of hydrogen-bond acceptors (Lipinski definition) is 4. The zero-order valence-electron chi connectivity index (χ0n) is 11.3. The Balaban J connectivity index is 2.93. The molecule has 0 bridgehead atoms. The van der Waals surface area contributed by atoms with Crippen LogP contribution in [-0.2, 0) is 21.4 Å². The van der Waals surface area contributed by atoms with Crippen LogP contribution in [0.4, 0.5) is 0 Å². The van der Waals surface area contributed by atoms with Crippen LogP contribution in [0.15, 0.2) is 41.7 Å². The maximum Gasteiger partial charge on any atom is 0.253 e. The Morgan fingerprint density at radius 1 is 1.35 bits per heavy atom. The van der Waals surface area contributed by atoms with E-state index in [0.29, 0.717) is 6.54 Å². The molecular weight excluding hydrogens is 296 g/mol. The molecule has 1 aromatic heterocycles. The highest BCUT2D eigenvalue weighted by Gasteiger charge is 2.24. The van der Waals surface area contributed by atoms with Crippen LogP contribution >= 0.6 is 11.3 Å². The van der Waals surface area contributed by atoms with Crippen LogP contribution < -0.4 is 5.32 Å². The molecule has 1 rings (SSSR count). The summed E-state index contributed by atoms with van der Waals surface area (Å²) in [6, 6.07) is 3.25. The highest BCUT2D eigenvalue weighted by molar-refractivity contribution is 7.91. The maximum absolute atomic E-state index is 12.4. The first kappa shape index (κ1) is 16.6. The minimum absolute atomic E-state index is 0.150. The fourth-order valence-electron chi connectivity index (χ4n) is 1.49. The summed E-state index contributed by atoms with van der Waals surface area (Å²) in [6.07, 6.45) is 3.07. The van der Waals surface area contributed by atoms with Crippen molar-refractivity contribution in [3.05, 3.63) is 42.3 Å². The van der Waals surface area contributed by atoms with Gasteiger partial charge in [-0.1, -0.05) is 12.2 Å². The summed E-state index contributed by atoms with van der Waals surface area (Å²) in [4.78, 5) is 11.6. The van der Waals surface area contributed by atoms with E-state index >= 15 is 0 Å². The van der Waals surface area contributed by atoms with Crippen molar-refractivity contribution in [1.29, 1.82) is 0 Å². The van der Waals surface area contributed by atoms with Crippen LogP contribution in [0.1, 0.15) is 11.8 Å². The molecule has 1 aromatic rings. The molecule has 0 saturated carbocycles. The third-order valence-corrected chi connectivity index (χ3v) is 5.79. The lowest BCUT2D eigenvalue weighted by molar-refractivity contribution is -0.119. The fraction of sp³-hybridized carbons (Fsp3) is 0.308. The highest BCUT2D eigenvalue weighted by Crippen LogP contribution is 2.25. The standard InChI is InChI=1S/C13H18N2O3S2/c1-4-8-15(9-5-2)20(17,18)13-7-6-12(19-13)10-14-11(3)16/h4-7H,1-2,8-10H2,3H3,(H,14,16). The van der Waals surface area contributed by atoms with Gasteiger partial charge in [0.05, 0.1) is 6.54 Å². The summed E-state index contributed by atoms with van der Waals surface area (Å²) >= 11 is 1.15. The van der Waals surface area contributed by atoms with Gasteiger partial charge in [-0.3, -0.25) is 4.79 Å². The summed E-state index contributed by atoms with van der Waals surface area (Å²) in [5.74, 6) is -0.150. The van der Waals surface area contributed by atoms with Gasteiger partial charge in [-0.2, -0.15) is 4.31 Å². The number of sulfonamides is 1. The lowest BCUT2D eigenvalue weighted by atomic mass is 10.4. The van der Waals surface area contributed by atoms with Crippen molar-refractivity contribution in [2.75, 3.05) is 13.1 Å². The van der Waals surface area contributed by atoms with Crippen LogP contribution in [0, 0.1) is 0 Å². The molecule has 0 aliphatic rings. The Bertz CT molecular complexity index is 581. The number of amides is 1. The largest absolute Gasteiger partial charge is 0.351 e. The number of thiophene rings is 1. The molecule has 0 atom stereocenters. The quantitative estimate of drug-likeness (QED) is 0.743. The van der Waals surface area contributed by atoms with Crippen LogP contribution in [0.3, 0.4) is 0 Å². The van der Waals surface area contributed by atoms with Gasteiger partial charge in [0.1, 0.15) is 4.21 Å². The van der Waals surface area contributed by atoms with Crippen molar-refractivity contribution in [2.24, 2.45) is 0 Å². The number of carbonyl (C=O) groups excluding carboxylic acids is 1. The summed E-state index contributed by atoms with van der Waals surface area (Å²) < 4.78 is 26.4. The molecule has 0 fully saturated rings. The van der Waals surface area contributed by atoms with E-state index in [1.54, 1.807) is 12.1 Å². The molecule has 0 aromatic carbocycles. The summed E-state index contributed by atoms with van der Waals surface area (Å²) in [5, 5.41) is 2.64. The lowest BCUT2D eigenvalue weighted by Crippen LogP contribution is -2.30. The molecule has 0 aliphatic heterocycles. The lowest BCUT2D eigenvalue weighted by Gasteiger charge is -2.17. The summed E-state index contributed by atoms with van der Waals surface area (Å²) in [7, 11) is -3.55. The fourth-order valence-corrected chi connectivity index (χ4v) is 4.32. The molecule has 0 aliphatic carbocycles. The predicted molar refractivity (Wildman–Crippen MR) is 81.0 cm³/mol. The van der Waals surface area contributed by atoms with E-state index < -0.39 is 10.0 Å².